The van der Waals surface area contributed by atoms with Gasteiger partial charge in [-0.15, -0.1) is 0 Å². The quantitative estimate of drug-likeness (QED) is 0.789. The average molecular weight is 368 g/mol. The largest absolute Gasteiger partial charge is 0.318 e. The van der Waals surface area contributed by atoms with Crippen LogP contribution in [-0.2, 0) is 9.59 Å². The summed E-state index contributed by atoms with van der Waals surface area (Å²) in [5.41, 5.74) is 1.86. The molecule has 108 valence electrons. The van der Waals surface area contributed by atoms with Crippen LogP contribution in [0.1, 0.15) is 5.56 Å². The Morgan fingerprint density at radius 3 is 2.24 bits per heavy atom. The van der Waals surface area contributed by atoms with Gasteiger partial charge in [-0.1, -0.05) is 23.7 Å². The molecule has 0 aliphatic rings. The highest BCUT2D eigenvalue weighted by Gasteiger charge is 2.15. The van der Waals surface area contributed by atoms with Crippen LogP contribution < -0.4 is 10.6 Å². The van der Waals surface area contributed by atoms with Crippen molar-refractivity contribution in [2.24, 2.45) is 0 Å². The maximum atomic E-state index is 11.9. The van der Waals surface area contributed by atoms with Crippen LogP contribution in [0.5, 0.6) is 0 Å². The highest BCUT2D eigenvalue weighted by atomic mass is 79.9. The van der Waals surface area contributed by atoms with Crippen molar-refractivity contribution in [3.63, 3.8) is 0 Å². The van der Waals surface area contributed by atoms with E-state index in [0.717, 1.165) is 5.56 Å². The Labute approximate surface area is 135 Å². The Morgan fingerprint density at radius 2 is 1.62 bits per heavy atom. The van der Waals surface area contributed by atoms with Crippen molar-refractivity contribution in [3.8, 4) is 0 Å². The summed E-state index contributed by atoms with van der Waals surface area (Å²) in [4.78, 5) is 23.8. The number of rotatable bonds is 2. The van der Waals surface area contributed by atoms with Crippen molar-refractivity contribution >= 4 is 50.7 Å². The summed E-state index contributed by atoms with van der Waals surface area (Å²) in [6.45, 7) is 1.80. The first-order chi connectivity index (χ1) is 9.97. The van der Waals surface area contributed by atoms with Crippen LogP contribution in [0.15, 0.2) is 46.9 Å². The molecule has 4 nitrogen and oxygen atoms in total. The summed E-state index contributed by atoms with van der Waals surface area (Å²) in [5.74, 6) is -1.48. The van der Waals surface area contributed by atoms with Crippen molar-refractivity contribution in [1.82, 2.24) is 0 Å². The van der Waals surface area contributed by atoms with Crippen molar-refractivity contribution in [2.75, 3.05) is 10.6 Å². The number of para-hydroxylation sites is 1. The van der Waals surface area contributed by atoms with Gasteiger partial charge in [-0.2, -0.15) is 0 Å². The number of anilines is 2. The molecule has 0 spiro atoms. The summed E-state index contributed by atoms with van der Waals surface area (Å²) >= 11 is 9.14. The molecule has 0 saturated heterocycles. The van der Waals surface area contributed by atoms with Gasteiger partial charge in [-0.05, 0) is 58.7 Å². The molecule has 0 atom stereocenters. The number of carbonyl (C=O) groups excluding carboxylic acids is 2. The molecule has 0 aliphatic carbocycles. The lowest BCUT2D eigenvalue weighted by molar-refractivity contribution is -0.133. The van der Waals surface area contributed by atoms with E-state index in [9.17, 15) is 9.59 Å². The second-order valence-corrected chi connectivity index (χ2v) is 5.64. The van der Waals surface area contributed by atoms with Gasteiger partial charge in [0.2, 0.25) is 0 Å². The minimum Gasteiger partial charge on any atom is -0.318 e. The molecule has 2 N–H and O–H groups in total. The van der Waals surface area contributed by atoms with Crippen molar-refractivity contribution in [3.05, 3.63) is 57.5 Å². The van der Waals surface area contributed by atoms with Crippen molar-refractivity contribution in [1.29, 1.82) is 0 Å². The van der Waals surface area contributed by atoms with Gasteiger partial charge in [0.05, 0.1) is 5.69 Å². The zero-order valence-electron chi connectivity index (χ0n) is 11.1. The molecule has 0 aliphatic heterocycles. The minimum absolute atomic E-state index is 0.533. The molecule has 0 fully saturated rings. The minimum atomic E-state index is -0.740. The maximum Gasteiger partial charge on any atom is 0.314 e. The Bertz CT molecular complexity index is 704. The molecule has 0 saturated carbocycles. The smallest absolute Gasteiger partial charge is 0.314 e. The number of halogens is 2. The summed E-state index contributed by atoms with van der Waals surface area (Å²) in [6.07, 6.45) is 0. The molecular weight excluding hydrogens is 356 g/mol. The molecule has 0 aromatic heterocycles. The normalized spacial score (nSPS) is 10.0. The van der Waals surface area contributed by atoms with Gasteiger partial charge in [0.15, 0.2) is 0 Å². The van der Waals surface area contributed by atoms with Gasteiger partial charge in [0.25, 0.3) is 0 Å². The van der Waals surface area contributed by atoms with Crippen LogP contribution in [0.4, 0.5) is 11.4 Å². The second kappa shape index (κ2) is 6.74. The first-order valence-corrected chi connectivity index (χ1v) is 7.27. The van der Waals surface area contributed by atoms with Crippen LogP contribution >= 0.6 is 27.5 Å². The van der Waals surface area contributed by atoms with E-state index in [4.69, 9.17) is 11.6 Å². The summed E-state index contributed by atoms with van der Waals surface area (Å²) in [7, 11) is 0. The summed E-state index contributed by atoms with van der Waals surface area (Å²) in [6, 6.07) is 12.1. The van der Waals surface area contributed by atoms with E-state index in [2.05, 4.69) is 26.6 Å². The molecule has 0 unspecified atom stereocenters. The number of hydrogen-bond acceptors (Lipinski definition) is 2. The van der Waals surface area contributed by atoms with E-state index in [1.807, 2.05) is 6.07 Å². The van der Waals surface area contributed by atoms with Crippen LogP contribution in [-0.4, -0.2) is 11.8 Å². The topological polar surface area (TPSA) is 58.2 Å². The van der Waals surface area contributed by atoms with Crippen LogP contribution in [0.3, 0.4) is 0 Å². The van der Waals surface area contributed by atoms with E-state index >= 15 is 0 Å². The molecule has 0 bridgehead atoms. The second-order valence-electron chi connectivity index (χ2n) is 4.35. The highest BCUT2D eigenvalue weighted by molar-refractivity contribution is 9.10. The molecule has 0 heterocycles. The lowest BCUT2D eigenvalue weighted by Gasteiger charge is -2.09. The molecule has 2 rings (SSSR count). The Kier molecular flexibility index (Phi) is 4.98. The van der Waals surface area contributed by atoms with Gasteiger partial charge in [-0.25, -0.2) is 0 Å². The van der Waals surface area contributed by atoms with Gasteiger partial charge in [0, 0.05) is 15.2 Å². The highest BCUT2D eigenvalue weighted by Crippen LogP contribution is 2.22. The fourth-order valence-electron chi connectivity index (χ4n) is 1.69. The standard InChI is InChI=1S/C15H12BrClN2O2/c1-9-8-10(17)6-7-12(9)18-14(20)15(21)19-13-5-3-2-4-11(13)16/h2-8H,1H3,(H,18,20)(H,19,21). The number of benzene rings is 2. The van der Waals surface area contributed by atoms with E-state index in [0.29, 0.717) is 20.9 Å². The lowest BCUT2D eigenvalue weighted by Crippen LogP contribution is -2.29. The first-order valence-electron chi connectivity index (χ1n) is 6.10. The van der Waals surface area contributed by atoms with E-state index in [-0.39, 0.29) is 0 Å². The van der Waals surface area contributed by atoms with E-state index in [1.54, 1.807) is 43.3 Å². The number of aryl methyl sites for hydroxylation is 1. The lowest BCUT2D eigenvalue weighted by atomic mass is 10.2. The molecular formula is C15H12BrClN2O2. The average Bonchev–Trinajstić information content (AvgIpc) is 2.44. The number of nitrogens with one attached hydrogen (secondary N) is 2. The molecule has 2 aromatic carbocycles. The summed E-state index contributed by atoms with van der Waals surface area (Å²) in [5, 5.41) is 5.66. The summed E-state index contributed by atoms with van der Waals surface area (Å²) < 4.78 is 0.703. The Balaban J connectivity index is 2.06. The molecule has 21 heavy (non-hydrogen) atoms. The zero-order chi connectivity index (χ0) is 15.4. The maximum absolute atomic E-state index is 11.9. The number of hydrogen-bond donors (Lipinski definition) is 2. The zero-order valence-corrected chi connectivity index (χ0v) is 13.5. The molecule has 2 amide bonds. The predicted octanol–water partition coefficient (Wildman–Crippen LogP) is 3.99. The molecule has 6 heteroatoms. The third-order valence-corrected chi connectivity index (χ3v) is 3.69. The van der Waals surface area contributed by atoms with Gasteiger partial charge < -0.3 is 10.6 Å². The predicted molar refractivity (Wildman–Crippen MR) is 87.6 cm³/mol. The third kappa shape index (κ3) is 4.06. The van der Waals surface area contributed by atoms with Gasteiger partial charge in [-0.3, -0.25) is 9.59 Å². The first kappa shape index (κ1) is 15.5. The Hall–Kier alpha value is -1.85. The SMILES string of the molecule is Cc1cc(Cl)ccc1NC(=O)C(=O)Nc1ccccc1Br. The van der Waals surface area contributed by atoms with E-state index < -0.39 is 11.8 Å². The van der Waals surface area contributed by atoms with E-state index in [1.165, 1.54) is 0 Å². The molecule has 2 aromatic rings. The number of carbonyl (C=O) groups is 2. The monoisotopic (exact) mass is 366 g/mol. The van der Waals surface area contributed by atoms with Gasteiger partial charge >= 0.3 is 11.8 Å². The van der Waals surface area contributed by atoms with Crippen LogP contribution in [0, 0.1) is 6.92 Å². The van der Waals surface area contributed by atoms with Crippen molar-refractivity contribution < 1.29 is 9.59 Å². The molecule has 0 radical (unpaired) electrons. The number of amides is 2. The van der Waals surface area contributed by atoms with Crippen LogP contribution in [0.2, 0.25) is 5.02 Å². The third-order valence-electron chi connectivity index (χ3n) is 2.76. The fourth-order valence-corrected chi connectivity index (χ4v) is 2.30. The Morgan fingerprint density at radius 1 is 1.00 bits per heavy atom. The van der Waals surface area contributed by atoms with Crippen LogP contribution in [0.25, 0.3) is 0 Å². The van der Waals surface area contributed by atoms with Crippen molar-refractivity contribution in [2.45, 2.75) is 6.92 Å². The fraction of sp³-hybridized carbons (Fsp3) is 0.0667. The van der Waals surface area contributed by atoms with Gasteiger partial charge in [0.1, 0.15) is 0 Å².